The third-order valence-electron chi connectivity index (χ3n) is 3.28. The standard InChI is InChI=1S/C17H18FN3O3S/c1-13-6-5-8-15(10-13)21(25(2,23)24)12-17(22)20-19-11-14-7-3-4-9-16(14)18/h3-11H,12H2,1-2H3,(H,20,22)/b19-11-. The number of aryl methyl sites for hydroxylation is 1. The summed E-state index contributed by atoms with van der Waals surface area (Å²) in [7, 11) is -3.65. The lowest BCUT2D eigenvalue weighted by molar-refractivity contribution is -0.119. The molecule has 0 aliphatic carbocycles. The summed E-state index contributed by atoms with van der Waals surface area (Å²) in [4.78, 5) is 12.0. The van der Waals surface area contributed by atoms with Crippen molar-refractivity contribution in [2.75, 3.05) is 17.1 Å². The predicted octanol–water partition coefficient (Wildman–Crippen LogP) is 2.05. The molecule has 2 rings (SSSR count). The number of hydrogen-bond acceptors (Lipinski definition) is 4. The number of hydrazone groups is 1. The second kappa shape index (κ2) is 7.89. The highest BCUT2D eigenvalue weighted by Gasteiger charge is 2.20. The molecule has 0 atom stereocenters. The van der Waals surface area contributed by atoms with Gasteiger partial charge in [0.25, 0.3) is 5.91 Å². The Hall–Kier alpha value is -2.74. The zero-order valence-corrected chi connectivity index (χ0v) is 14.6. The van der Waals surface area contributed by atoms with Gasteiger partial charge in [-0.15, -0.1) is 0 Å². The van der Waals surface area contributed by atoms with E-state index in [9.17, 15) is 17.6 Å². The Balaban J connectivity index is 2.09. The van der Waals surface area contributed by atoms with Crippen LogP contribution in [0.4, 0.5) is 10.1 Å². The van der Waals surface area contributed by atoms with Crippen LogP contribution in [0.1, 0.15) is 11.1 Å². The average Bonchev–Trinajstić information content (AvgIpc) is 2.53. The molecule has 132 valence electrons. The van der Waals surface area contributed by atoms with E-state index in [1.165, 1.54) is 18.2 Å². The third-order valence-corrected chi connectivity index (χ3v) is 4.42. The number of carbonyl (C=O) groups excluding carboxylic acids is 1. The van der Waals surface area contributed by atoms with E-state index in [0.29, 0.717) is 5.69 Å². The number of nitrogens with one attached hydrogen (secondary N) is 1. The molecule has 0 bridgehead atoms. The molecule has 2 aromatic carbocycles. The molecule has 1 amide bonds. The van der Waals surface area contributed by atoms with Gasteiger partial charge in [0.15, 0.2) is 0 Å². The lowest BCUT2D eigenvalue weighted by Crippen LogP contribution is -2.39. The van der Waals surface area contributed by atoms with Crippen LogP contribution in [0.2, 0.25) is 0 Å². The molecule has 0 spiro atoms. The molecule has 0 aromatic heterocycles. The summed E-state index contributed by atoms with van der Waals surface area (Å²) in [5.41, 5.74) is 3.66. The number of rotatable bonds is 6. The molecule has 0 aliphatic rings. The molecule has 0 fully saturated rings. The van der Waals surface area contributed by atoms with Crippen molar-refractivity contribution in [3.05, 3.63) is 65.5 Å². The number of sulfonamides is 1. The summed E-state index contributed by atoms with van der Waals surface area (Å²) in [6.07, 6.45) is 2.18. The highest BCUT2D eigenvalue weighted by Crippen LogP contribution is 2.18. The first-order valence-corrected chi connectivity index (χ1v) is 9.23. The van der Waals surface area contributed by atoms with Gasteiger partial charge in [0.1, 0.15) is 12.4 Å². The summed E-state index contributed by atoms with van der Waals surface area (Å²) in [6.45, 7) is 1.39. The predicted molar refractivity (Wildman–Crippen MR) is 95.5 cm³/mol. The minimum atomic E-state index is -3.65. The zero-order valence-electron chi connectivity index (χ0n) is 13.8. The number of carbonyl (C=O) groups is 1. The number of nitrogens with zero attached hydrogens (tertiary/aromatic N) is 2. The number of anilines is 1. The van der Waals surface area contributed by atoms with E-state index < -0.39 is 28.3 Å². The molecule has 25 heavy (non-hydrogen) atoms. The van der Waals surface area contributed by atoms with Crippen LogP contribution in [0.15, 0.2) is 53.6 Å². The Bertz CT molecular complexity index is 898. The Morgan fingerprint density at radius 2 is 1.96 bits per heavy atom. The summed E-state index contributed by atoms with van der Waals surface area (Å²) in [6, 6.07) is 12.7. The fourth-order valence-electron chi connectivity index (χ4n) is 2.10. The summed E-state index contributed by atoms with van der Waals surface area (Å²) in [5, 5.41) is 3.66. The van der Waals surface area contributed by atoms with Crippen LogP contribution in [0.5, 0.6) is 0 Å². The first kappa shape index (κ1) is 18.6. The normalized spacial score (nSPS) is 11.5. The van der Waals surface area contributed by atoms with Crippen molar-refractivity contribution in [2.24, 2.45) is 5.10 Å². The van der Waals surface area contributed by atoms with Crippen molar-refractivity contribution in [3.8, 4) is 0 Å². The minimum Gasteiger partial charge on any atom is -0.271 e. The van der Waals surface area contributed by atoms with Crippen LogP contribution in [0.3, 0.4) is 0 Å². The van der Waals surface area contributed by atoms with Crippen molar-refractivity contribution in [3.63, 3.8) is 0 Å². The lowest BCUT2D eigenvalue weighted by atomic mass is 10.2. The maximum atomic E-state index is 13.4. The van der Waals surface area contributed by atoms with Crippen LogP contribution in [0, 0.1) is 12.7 Å². The highest BCUT2D eigenvalue weighted by molar-refractivity contribution is 7.92. The summed E-state index contributed by atoms with van der Waals surface area (Å²) < 4.78 is 38.4. The Morgan fingerprint density at radius 1 is 1.24 bits per heavy atom. The lowest BCUT2D eigenvalue weighted by Gasteiger charge is -2.21. The van der Waals surface area contributed by atoms with E-state index in [-0.39, 0.29) is 5.56 Å². The van der Waals surface area contributed by atoms with E-state index in [1.807, 2.05) is 13.0 Å². The van der Waals surface area contributed by atoms with Gasteiger partial charge in [-0.1, -0.05) is 30.3 Å². The van der Waals surface area contributed by atoms with E-state index in [1.54, 1.807) is 24.3 Å². The van der Waals surface area contributed by atoms with E-state index >= 15 is 0 Å². The largest absolute Gasteiger partial charge is 0.271 e. The number of halogens is 1. The molecular weight excluding hydrogens is 345 g/mol. The van der Waals surface area contributed by atoms with Gasteiger partial charge in [0.05, 0.1) is 18.2 Å². The SMILES string of the molecule is Cc1cccc(N(CC(=O)N/N=C\c2ccccc2F)S(C)(=O)=O)c1. The first-order valence-electron chi connectivity index (χ1n) is 7.38. The quantitative estimate of drug-likeness (QED) is 0.630. The van der Waals surface area contributed by atoms with E-state index in [2.05, 4.69) is 10.5 Å². The van der Waals surface area contributed by atoms with Crippen LogP contribution in [-0.4, -0.2) is 33.3 Å². The molecule has 0 radical (unpaired) electrons. The summed E-state index contributed by atoms with van der Waals surface area (Å²) >= 11 is 0. The van der Waals surface area contributed by atoms with Crippen LogP contribution < -0.4 is 9.73 Å². The second-order valence-corrected chi connectivity index (χ2v) is 7.33. The molecule has 0 saturated heterocycles. The summed E-state index contributed by atoms with van der Waals surface area (Å²) in [5.74, 6) is -1.11. The van der Waals surface area contributed by atoms with Crippen molar-refractivity contribution in [1.29, 1.82) is 0 Å². The molecule has 0 unspecified atom stereocenters. The fourth-order valence-corrected chi connectivity index (χ4v) is 2.95. The van der Waals surface area contributed by atoms with E-state index in [0.717, 1.165) is 22.3 Å². The maximum absolute atomic E-state index is 13.4. The topological polar surface area (TPSA) is 78.8 Å². The van der Waals surface area contributed by atoms with Gasteiger partial charge >= 0.3 is 0 Å². The van der Waals surface area contributed by atoms with Gasteiger partial charge in [-0.05, 0) is 30.7 Å². The second-order valence-electron chi connectivity index (χ2n) is 5.42. The molecule has 0 heterocycles. The fraction of sp³-hybridized carbons (Fsp3) is 0.176. The average molecular weight is 363 g/mol. The van der Waals surface area contributed by atoms with Crippen molar-refractivity contribution >= 4 is 27.8 Å². The molecule has 6 nitrogen and oxygen atoms in total. The zero-order chi connectivity index (χ0) is 18.4. The van der Waals surface area contributed by atoms with Crippen molar-refractivity contribution < 1.29 is 17.6 Å². The molecular formula is C17H18FN3O3S. The molecule has 1 N–H and O–H groups in total. The Kier molecular flexibility index (Phi) is 5.87. The van der Waals surface area contributed by atoms with Gasteiger partial charge in [-0.3, -0.25) is 9.10 Å². The van der Waals surface area contributed by atoms with Crippen LogP contribution in [-0.2, 0) is 14.8 Å². The van der Waals surface area contributed by atoms with Gasteiger partial charge in [-0.2, -0.15) is 5.10 Å². The molecule has 2 aromatic rings. The number of hydrogen-bond donors (Lipinski definition) is 1. The van der Waals surface area contributed by atoms with Gasteiger partial charge in [0.2, 0.25) is 10.0 Å². The molecule has 0 saturated carbocycles. The van der Waals surface area contributed by atoms with Crippen molar-refractivity contribution in [2.45, 2.75) is 6.92 Å². The van der Waals surface area contributed by atoms with Gasteiger partial charge < -0.3 is 0 Å². The third kappa shape index (κ3) is 5.39. The van der Waals surface area contributed by atoms with Crippen LogP contribution in [0.25, 0.3) is 0 Å². The van der Waals surface area contributed by atoms with Gasteiger partial charge in [-0.25, -0.2) is 18.2 Å². The Labute approximate surface area is 146 Å². The maximum Gasteiger partial charge on any atom is 0.260 e. The first-order chi connectivity index (χ1) is 11.8. The van der Waals surface area contributed by atoms with Crippen LogP contribution >= 0.6 is 0 Å². The van der Waals surface area contributed by atoms with Gasteiger partial charge in [0, 0.05) is 5.56 Å². The molecule has 0 aliphatic heterocycles. The number of benzene rings is 2. The monoisotopic (exact) mass is 363 g/mol. The molecule has 8 heteroatoms. The minimum absolute atomic E-state index is 0.210. The highest BCUT2D eigenvalue weighted by atomic mass is 32.2. The Morgan fingerprint density at radius 3 is 2.60 bits per heavy atom. The van der Waals surface area contributed by atoms with Crippen molar-refractivity contribution in [1.82, 2.24) is 5.43 Å². The van der Waals surface area contributed by atoms with E-state index in [4.69, 9.17) is 0 Å². The smallest absolute Gasteiger partial charge is 0.260 e. The number of amides is 1.